The van der Waals surface area contributed by atoms with E-state index in [1.165, 1.54) is 0 Å². The number of pyridine rings is 1. The van der Waals surface area contributed by atoms with Gasteiger partial charge in [-0.2, -0.15) is 0 Å². The SMILES string of the molecule is COc1cccc(OC)c1C(=O)N1CCc2cc(-c3ccncc3)ccc21. The lowest BCUT2D eigenvalue weighted by Gasteiger charge is -2.20. The highest BCUT2D eigenvalue weighted by Crippen LogP contribution is 2.36. The van der Waals surface area contributed by atoms with Gasteiger partial charge in [0.1, 0.15) is 17.1 Å². The van der Waals surface area contributed by atoms with Crippen molar-refractivity contribution in [2.24, 2.45) is 0 Å². The molecule has 0 saturated carbocycles. The van der Waals surface area contributed by atoms with Gasteiger partial charge in [-0.15, -0.1) is 0 Å². The van der Waals surface area contributed by atoms with Crippen LogP contribution in [0.4, 0.5) is 5.69 Å². The number of rotatable bonds is 4. The number of fused-ring (bicyclic) bond motifs is 1. The third-order valence-electron chi connectivity index (χ3n) is 4.88. The fourth-order valence-electron chi connectivity index (χ4n) is 3.53. The molecule has 27 heavy (non-hydrogen) atoms. The van der Waals surface area contributed by atoms with E-state index < -0.39 is 0 Å². The molecule has 5 heteroatoms. The summed E-state index contributed by atoms with van der Waals surface area (Å²) in [6, 6.07) is 15.5. The second kappa shape index (κ2) is 7.11. The van der Waals surface area contributed by atoms with Gasteiger partial charge >= 0.3 is 0 Å². The van der Waals surface area contributed by atoms with E-state index in [2.05, 4.69) is 11.1 Å². The molecule has 0 radical (unpaired) electrons. The minimum absolute atomic E-state index is 0.111. The number of methoxy groups -OCH3 is 2. The van der Waals surface area contributed by atoms with Gasteiger partial charge < -0.3 is 14.4 Å². The fraction of sp³-hybridized carbons (Fsp3) is 0.182. The Kier molecular flexibility index (Phi) is 4.50. The Hall–Kier alpha value is -3.34. The molecule has 0 saturated heterocycles. The normalized spacial score (nSPS) is 12.6. The maximum atomic E-state index is 13.3. The summed E-state index contributed by atoms with van der Waals surface area (Å²) in [7, 11) is 3.12. The average Bonchev–Trinajstić information content (AvgIpc) is 3.16. The predicted molar refractivity (Wildman–Crippen MR) is 105 cm³/mol. The zero-order chi connectivity index (χ0) is 18.8. The number of nitrogens with zero attached hydrogens (tertiary/aromatic N) is 2. The number of aromatic nitrogens is 1. The number of amides is 1. The van der Waals surface area contributed by atoms with Gasteiger partial charge in [0, 0.05) is 24.6 Å². The molecule has 0 aliphatic carbocycles. The van der Waals surface area contributed by atoms with E-state index in [4.69, 9.17) is 9.47 Å². The number of ether oxygens (including phenoxy) is 2. The molecule has 0 fully saturated rings. The molecule has 0 spiro atoms. The summed E-state index contributed by atoms with van der Waals surface area (Å²) >= 11 is 0. The molecule has 1 amide bonds. The van der Waals surface area contributed by atoms with Crippen LogP contribution in [0.5, 0.6) is 11.5 Å². The molecule has 0 unspecified atom stereocenters. The van der Waals surface area contributed by atoms with E-state index in [0.29, 0.717) is 23.6 Å². The van der Waals surface area contributed by atoms with Gasteiger partial charge in [-0.25, -0.2) is 0 Å². The van der Waals surface area contributed by atoms with Crippen molar-refractivity contribution in [2.75, 3.05) is 25.7 Å². The highest BCUT2D eigenvalue weighted by Gasteiger charge is 2.29. The van der Waals surface area contributed by atoms with Crippen LogP contribution in [-0.4, -0.2) is 31.7 Å². The molecule has 4 rings (SSSR count). The van der Waals surface area contributed by atoms with E-state index in [1.54, 1.807) is 43.6 Å². The van der Waals surface area contributed by atoms with Crippen LogP contribution in [0.15, 0.2) is 60.9 Å². The minimum atomic E-state index is -0.111. The lowest BCUT2D eigenvalue weighted by Crippen LogP contribution is -2.29. The third kappa shape index (κ3) is 3.01. The van der Waals surface area contributed by atoms with E-state index in [0.717, 1.165) is 28.8 Å². The summed E-state index contributed by atoms with van der Waals surface area (Å²) in [6.45, 7) is 0.634. The Labute approximate surface area is 158 Å². The van der Waals surface area contributed by atoms with E-state index in [-0.39, 0.29) is 5.91 Å². The molecule has 136 valence electrons. The molecule has 2 heterocycles. The lowest BCUT2D eigenvalue weighted by molar-refractivity contribution is 0.0983. The van der Waals surface area contributed by atoms with Crippen molar-refractivity contribution in [1.29, 1.82) is 0 Å². The number of hydrogen-bond donors (Lipinski definition) is 0. The Morgan fingerprint density at radius 3 is 2.33 bits per heavy atom. The monoisotopic (exact) mass is 360 g/mol. The Morgan fingerprint density at radius 2 is 1.67 bits per heavy atom. The number of carbonyl (C=O) groups is 1. The molecule has 0 N–H and O–H groups in total. The molecule has 0 bridgehead atoms. The number of benzene rings is 2. The highest BCUT2D eigenvalue weighted by molar-refractivity contribution is 6.10. The van der Waals surface area contributed by atoms with Crippen molar-refractivity contribution < 1.29 is 14.3 Å². The molecule has 1 aromatic heterocycles. The van der Waals surface area contributed by atoms with E-state index >= 15 is 0 Å². The van der Waals surface area contributed by atoms with Gasteiger partial charge in [-0.05, 0) is 59.5 Å². The first-order chi connectivity index (χ1) is 13.2. The maximum Gasteiger partial charge on any atom is 0.265 e. The van der Waals surface area contributed by atoms with Crippen LogP contribution in [0.25, 0.3) is 11.1 Å². The zero-order valence-electron chi connectivity index (χ0n) is 15.3. The lowest BCUT2D eigenvalue weighted by atomic mass is 10.0. The van der Waals surface area contributed by atoms with Gasteiger partial charge in [0.2, 0.25) is 0 Å². The molecule has 1 aliphatic heterocycles. The highest BCUT2D eigenvalue weighted by atomic mass is 16.5. The molecule has 5 nitrogen and oxygen atoms in total. The number of carbonyl (C=O) groups excluding carboxylic acids is 1. The van der Waals surface area contributed by atoms with E-state index in [9.17, 15) is 4.79 Å². The first-order valence-corrected chi connectivity index (χ1v) is 8.79. The third-order valence-corrected chi connectivity index (χ3v) is 4.88. The second-order valence-electron chi connectivity index (χ2n) is 6.32. The molecule has 2 aromatic carbocycles. The van der Waals surface area contributed by atoms with Crippen molar-refractivity contribution >= 4 is 11.6 Å². The topological polar surface area (TPSA) is 51.7 Å². The van der Waals surface area contributed by atoms with Crippen molar-refractivity contribution in [2.45, 2.75) is 6.42 Å². The molecular weight excluding hydrogens is 340 g/mol. The Balaban J connectivity index is 1.70. The van der Waals surface area contributed by atoms with Crippen LogP contribution in [0.1, 0.15) is 15.9 Å². The minimum Gasteiger partial charge on any atom is -0.496 e. The van der Waals surface area contributed by atoms with Gasteiger partial charge in [0.25, 0.3) is 5.91 Å². The standard InChI is InChI=1S/C22H20N2O3/c1-26-19-4-3-5-20(27-2)21(19)22(25)24-13-10-17-14-16(6-7-18(17)24)15-8-11-23-12-9-15/h3-9,11-12,14H,10,13H2,1-2H3. The summed E-state index contributed by atoms with van der Waals surface area (Å²) in [6.07, 6.45) is 4.39. The largest absolute Gasteiger partial charge is 0.496 e. The van der Waals surface area contributed by atoms with Crippen LogP contribution in [0.3, 0.4) is 0 Å². The summed E-state index contributed by atoms with van der Waals surface area (Å²) in [4.78, 5) is 19.1. The average molecular weight is 360 g/mol. The zero-order valence-corrected chi connectivity index (χ0v) is 15.3. The van der Waals surface area contributed by atoms with Gasteiger partial charge in [0.15, 0.2) is 0 Å². The quantitative estimate of drug-likeness (QED) is 0.706. The molecule has 0 atom stereocenters. The molecule has 1 aliphatic rings. The van der Waals surface area contributed by atoms with Gasteiger partial charge in [0.05, 0.1) is 14.2 Å². The van der Waals surface area contributed by atoms with Crippen molar-refractivity contribution in [1.82, 2.24) is 4.98 Å². The second-order valence-corrected chi connectivity index (χ2v) is 6.32. The molecule has 3 aromatic rings. The van der Waals surface area contributed by atoms with Crippen molar-refractivity contribution in [3.8, 4) is 22.6 Å². The van der Waals surface area contributed by atoms with Crippen LogP contribution < -0.4 is 14.4 Å². The van der Waals surface area contributed by atoms with Crippen LogP contribution in [0, 0.1) is 0 Å². The summed E-state index contributed by atoms with van der Waals surface area (Å²) in [5, 5.41) is 0. The fourth-order valence-corrected chi connectivity index (χ4v) is 3.53. The van der Waals surface area contributed by atoms with Crippen LogP contribution in [0.2, 0.25) is 0 Å². The number of anilines is 1. The Bertz CT molecular complexity index is 964. The van der Waals surface area contributed by atoms with Crippen molar-refractivity contribution in [3.05, 3.63) is 72.1 Å². The van der Waals surface area contributed by atoms with Crippen molar-refractivity contribution in [3.63, 3.8) is 0 Å². The smallest absolute Gasteiger partial charge is 0.265 e. The van der Waals surface area contributed by atoms with Gasteiger partial charge in [-0.1, -0.05) is 12.1 Å². The van der Waals surface area contributed by atoms with Crippen LogP contribution >= 0.6 is 0 Å². The van der Waals surface area contributed by atoms with E-state index in [1.807, 2.05) is 30.3 Å². The Morgan fingerprint density at radius 1 is 0.963 bits per heavy atom. The summed E-state index contributed by atoms with van der Waals surface area (Å²) in [5.41, 5.74) is 4.79. The number of hydrogen-bond acceptors (Lipinski definition) is 4. The van der Waals surface area contributed by atoms with Crippen LogP contribution in [-0.2, 0) is 6.42 Å². The maximum absolute atomic E-state index is 13.3. The van der Waals surface area contributed by atoms with Gasteiger partial charge in [-0.3, -0.25) is 9.78 Å². The predicted octanol–water partition coefficient (Wildman–Crippen LogP) is 3.97. The molecular formula is C22H20N2O3. The summed E-state index contributed by atoms with van der Waals surface area (Å²) < 4.78 is 10.8. The summed E-state index contributed by atoms with van der Waals surface area (Å²) in [5.74, 6) is 0.919. The first kappa shape index (κ1) is 17.1. The first-order valence-electron chi connectivity index (χ1n) is 8.79.